The lowest BCUT2D eigenvalue weighted by Crippen LogP contribution is -2.32. The molecule has 1 aliphatic heterocycles. The molecule has 2 N–H and O–H groups in total. The van der Waals surface area contributed by atoms with Crippen molar-refractivity contribution < 1.29 is 9.53 Å². The monoisotopic (exact) mass is 346 g/mol. The number of benzene rings is 1. The van der Waals surface area contributed by atoms with E-state index >= 15 is 0 Å². The summed E-state index contributed by atoms with van der Waals surface area (Å²) >= 11 is 5.30. The van der Waals surface area contributed by atoms with E-state index in [1.807, 2.05) is 35.8 Å². The predicted octanol–water partition coefficient (Wildman–Crippen LogP) is 2.60. The topological polar surface area (TPSA) is 71.9 Å². The van der Waals surface area contributed by atoms with E-state index in [1.165, 1.54) is 5.56 Å². The van der Waals surface area contributed by atoms with Crippen LogP contribution in [-0.4, -0.2) is 39.9 Å². The second-order valence-electron chi connectivity index (χ2n) is 6.06. The van der Waals surface area contributed by atoms with Crippen molar-refractivity contribution in [2.75, 3.05) is 13.2 Å². The van der Waals surface area contributed by atoms with Crippen LogP contribution in [-0.2, 0) is 16.1 Å². The second-order valence-corrected chi connectivity index (χ2v) is 6.45. The molecule has 0 bridgehead atoms. The highest BCUT2D eigenvalue weighted by molar-refractivity contribution is 7.71. The van der Waals surface area contributed by atoms with Gasteiger partial charge >= 0.3 is 0 Å². The number of amides is 1. The Balaban J connectivity index is 1.60. The minimum absolute atomic E-state index is 0.00320. The Morgan fingerprint density at radius 1 is 1.46 bits per heavy atom. The van der Waals surface area contributed by atoms with Gasteiger partial charge < -0.3 is 10.1 Å². The second kappa shape index (κ2) is 7.72. The van der Waals surface area contributed by atoms with Gasteiger partial charge in [-0.1, -0.05) is 29.8 Å². The number of rotatable bonds is 6. The van der Waals surface area contributed by atoms with Gasteiger partial charge in [0.2, 0.25) is 5.91 Å². The molecule has 2 heterocycles. The molecule has 1 aromatic heterocycles. The molecular weight excluding hydrogens is 324 g/mol. The number of aryl methyl sites for hydroxylation is 1. The maximum atomic E-state index is 12.1. The van der Waals surface area contributed by atoms with Crippen LogP contribution in [0.5, 0.6) is 0 Å². The minimum Gasteiger partial charge on any atom is -0.376 e. The average Bonchev–Trinajstić information content (AvgIpc) is 3.22. The standard InChI is InChI=1S/C17H22N4O2S/c1-12-4-6-13(7-5-12)16-19-20-17(24)21(16)9-8-15(22)18-11-14-3-2-10-23-14/h4-7,14H,2-3,8-11H2,1H3,(H,18,22)(H,20,24)/t14-/m0/s1. The molecule has 0 radical (unpaired) electrons. The summed E-state index contributed by atoms with van der Waals surface area (Å²) in [7, 11) is 0. The summed E-state index contributed by atoms with van der Waals surface area (Å²) in [5.74, 6) is 0.760. The number of hydrogen-bond donors (Lipinski definition) is 2. The Labute approximate surface area is 146 Å². The van der Waals surface area contributed by atoms with E-state index in [0.29, 0.717) is 24.3 Å². The summed E-state index contributed by atoms with van der Waals surface area (Å²) in [6, 6.07) is 8.08. The van der Waals surface area contributed by atoms with Crippen molar-refractivity contribution in [2.45, 2.75) is 38.8 Å². The van der Waals surface area contributed by atoms with Crippen molar-refractivity contribution in [3.63, 3.8) is 0 Å². The molecule has 7 heteroatoms. The molecule has 0 unspecified atom stereocenters. The van der Waals surface area contributed by atoms with Crippen LogP contribution in [0.4, 0.5) is 0 Å². The average molecular weight is 346 g/mol. The first kappa shape index (κ1) is 16.9. The molecule has 6 nitrogen and oxygen atoms in total. The molecule has 3 rings (SSSR count). The Morgan fingerprint density at radius 2 is 2.25 bits per heavy atom. The summed E-state index contributed by atoms with van der Waals surface area (Å²) in [5, 5.41) is 10.0. The Kier molecular flexibility index (Phi) is 5.42. The molecule has 1 aliphatic rings. The first-order valence-electron chi connectivity index (χ1n) is 8.24. The van der Waals surface area contributed by atoms with E-state index in [4.69, 9.17) is 17.0 Å². The lowest BCUT2D eigenvalue weighted by molar-refractivity contribution is -0.121. The highest BCUT2D eigenvalue weighted by Crippen LogP contribution is 2.18. The van der Waals surface area contributed by atoms with Crippen LogP contribution >= 0.6 is 12.2 Å². The van der Waals surface area contributed by atoms with Gasteiger partial charge in [0.15, 0.2) is 10.6 Å². The zero-order valence-electron chi connectivity index (χ0n) is 13.7. The molecule has 0 spiro atoms. The Morgan fingerprint density at radius 3 is 2.96 bits per heavy atom. The van der Waals surface area contributed by atoms with Gasteiger partial charge in [0.05, 0.1) is 6.10 Å². The fraction of sp³-hybridized carbons (Fsp3) is 0.471. The number of hydrogen-bond acceptors (Lipinski definition) is 4. The number of H-pyrrole nitrogens is 1. The quantitative estimate of drug-likeness (QED) is 0.789. The SMILES string of the molecule is Cc1ccc(-c2n[nH]c(=S)n2CCC(=O)NC[C@@H]2CCCO2)cc1. The van der Waals surface area contributed by atoms with Crippen LogP contribution in [0.3, 0.4) is 0 Å². The highest BCUT2D eigenvalue weighted by Gasteiger charge is 2.16. The molecule has 0 aliphatic carbocycles. The van der Waals surface area contributed by atoms with Gasteiger partial charge in [0, 0.05) is 31.7 Å². The van der Waals surface area contributed by atoms with Crippen molar-refractivity contribution >= 4 is 18.1 Å². The third kappa shape index (κ3) is 4.10. The van der Waals surface area contributed by atoms with Gasteiger partial charge in [-0.25, -0.2) is 0 Å². The third-order valence-corrected chi connectivity index (χ3v) is 4.49. The smallest absolute Gasteiger partial charge is 0.221 e. The minimum atomic E-state index is 0.00320. The van der Waals surface area contributed by atoms with E-state index in [-0.39, 0.29) is 12.0 Å². The van der Waals surface area contributed by atoms with Crippen molar-refractivity contribution in [3.8, 4) is 11.4 Å². The van der Waals surface area contributed by atoms with Crippen LogP contribution in [0.1, 0.15) is 24.8 Å². The molecule has 0 saturated carbocycles. The van der Waals surface area contributed by atoms with Crippen LogP contribution < -0.4 is 5.32 Å². The molecule has 1 fully saturated rings. The fourth-order valence-electron chi connectivity index (χ4n) is 2.78. The number of nitrogens with zero attached hydrogens (tertiary/aromatic N) is 2. The molecule has 128 valence electrons. The van der Waals surface area contributed by atoms with E-state index in [1.54, 1.807) is 0 Å². The molecule has 1 amide bonds. The number of carbonyl (C=O) groups excluding carboxylic acids is 1. The normalized spacial score (nSPS) is 17.1. The van der Waals surface area contributed by atoms with E-state index in [0.717, 1.165) is 30.8 Å². The lowest BCUT2D eigenvalue weighted by Gasteiger charge is -2.11. The van der Waals surface area contributed by atoms with Gasteiger partial charge in [-0.05, 0) is 32.0 Å². The summed E-state index contributed by atoms with van der Waals surface area (Å²) in [6.45, 7) is 3.92. The van der Waals surface area contributed by atoms with Crippen molar-refractivity contribution in [1.29, 1.82) is 0 Å². The first-order chi connectivity index (χ1) is 11.6. The lowest BCUT2D eigenvalue weighted by atomic mass is 10.1. The molecule has 2 aromatic rings. The van der Waals surface area contributed by atoms with E-state index in [2.05, 4.69) is 15.5 Å². The summed E-state index contributed by atoms with van der Waals surface area (Å²) in [5.41, 5.74) is 2.17. The number of nitrogens with one attached hydrogen (secondary N) is 2. The van der Waals surface area contributed by atoms with Crippen LogP contribution in [0.15, 0.2) is 24.3 Å². The van der Waals surface area contributed by atoms with E-state index in [9.17, 15) is 4.79 Å². The van der Waals surface area contributed by atoms with Crippen molar-refractivity contribution in [2.24, 2.45) is 0 Å². The summed E-state index contributed by atoms with van der Waals surface area (Å²) < 4.78 is 7.90. The number of aromatic amines is 1. The van der Waals surface area contributed by atoms with Gasteiger partial charge in [0.1, 0.15) is 0 Å². The molecule has 1 aromatic carbocycles. The third-order valence-electron chi connectivity index (χ3n) is 4.18. The summed E-state index contributed by atoms with van der Waals surface area (Å²) in [4.78, 5) is 12.1. The Hall–Kier alpha value is -1.99. The maximum Gasteiger partial charge on any atom is 0.221 e. The molecule has 24 heavy (non-hydrogen) atoms. The van der Waals surface area contributed by atoms with Crippen LogP contribution in [0.25, 0.3) is 11.4 Å². The van der Waals surface area contributed by atoms with Crippen molar-refractivity contribution in [3.05, 3.63) is 34.6 Å². The van der Waals surface area contributed by atoms with Gasteiger partial charge in [0.25, 0.3) is 0 Å². The van der Waals surface area contributed by atoms with Gasteiger partial charge in [-0.3, -0.25) is 14.5 Å². The largest absolute Gasteiger partial charge is 0.376 e. The fourth-order valence-corrected chi connectivity index (χ4v) is 3.01. The summed E-state index contributed by atoms with van der Waals surface area (Å²) in [6.07, 6.45) is 2.61. The maximum absolute atomic E-state index is 12.1. The van der Waals surface area contributed by atoms with Gasteiger partial charge in [-0.15, -0.1) is 0 Å². The van der Waals surface area contributed by atoms with Gasteiger partial charge in [-0.2, -0.15) is 5.10 Å². The van der Waals surface area contributed by atoms with E-state index < -0.39 is 0 Å². The zero-order valence-corrected chi connectivity index (χ0v) is 14.6. The number of aromatic nitrogens is 3. The Bertz CT molecular complexity index is 745. The number of carbonyl (C=O) groups is 1. The zero-order chi connectivity index (χ0) is 16.9. The molecule has 1 saturated heterocycles. The van der Waals surface area contributed by atoms with Crippen LogP contribution in [0.2, 0.25) is 0 Å². The highest BCUT2D eigenvalue weighted by atomic mass is 32.1. The molecule has 1 atom stereocenters. The van der Waals surface area contributed by atoms with Crippen molar-refractivity contribution in [1.82, 2.24) is 20.1 Å². The van der Waals surface area contributed by atoms with Crippen LogP contribution in [0, 0.1) is 11.7 Å². The molecular formula is C17H22N4O2S. The number of ether oxygens (including phenoxy) is 1. The first-order valence-corrected chi connectivity index (χ1v) is 8.65. The predicted molar refractivity (Wildman–Crippen MR) is 94.2 cm³/mol.